The van der Waals surface area contributed by atoms with Gasteiger partial charge in [-0.3, -0.25) is 14.9 Å². The number of rotatable bonds is 6. The number of aliphatic hydroxyl groups is 1. The third-order valence-corrected chi connectivity index (χ3v) is 3.66. The van der Waals surface area contributed by atoms with E-state index in [4.69, 9.17) is 4.74 Å². The summed E-state index contributed by atoms with van der Waals surface area (Å²) in [6.07, 6.45) is -0.253. The largest absolute Gasteiger partial charge is 0.464 e. The standard InChI is InChI=1S/C17H24N2O4/c1-12(2)11-23-16(21)14-10-19(17(22)18-14)15(20)9-8-13-6-4-3-5-7-13/h3-7,12,14,17-18,22H,8-11H2,1-2H3/t14-,17?/m0/s1. The molecule has 1 saturated heterocycles. The third-order valence-electron chi connectivity index (χ3n) is 3.66. The molecule has 1 heterocycles. The molecule has 2 atom stereocenters. The number of hydrogen-bond acceptors (Lipinski definition) is 5. The topological polar surface area (TPSA) is 78.9 Å². The summed E-state index contributed by atoms with van der Waals surface area (Å²) in [4.78, 5) is 25.4. The first-order valence-electron chi connectivity index (χ1n) is 7.91. The highest BCUT2D eigenvalue weighted by Gasteiger charge is 2.37. The lowest BCUT2D eigenvalue weighted by Crippen LogP contribution is -2.40. The van der Waals surface area contributed by atoms with Gasteiger partial charge < -0.3 is 14.7 Å². The Hall–Kier alpha value is -1.92. The number of benzene rings is 1. The Labute approximate surface area is 136 Å². The summed E-state index contributed by atoms with van der Waals surface area (Å²) in [6, 6.07) is 9.01. The molecule has 1 aromatic rings. The first-order valence-corrected chi connectivity index (χ1v) is 7.91. The van der Waals surface area contributed by atoms with Crippen molar-refractivity contribution in [3.8, 4) is 0 Å². The van der Waals surface area contributed by atoms with Crippen LogP contribution in [0.5, 0.6) is 0 Å². The number of aryl methyl sites for hydroxylation is 1. The van der Waals surface area contributed by atoms with E-state index in [9.17, 15) is 14.7 Å². The Kier molecular flexibility index (Phi) is 6.12. The van der Waals surface area contributed by atoms with Crippen LogP contribution in [0, 0.1) is 5.92 Å². The molecule has 0 saturated carbocycles. The lowest BCUT2D eigenvalue weighted by Gasteiger charge is -2.19. The summed E-state index contributed by atoms with van der Waals surface area (Å²) < 4.78 is 5.14. The van der Waals surface area contributed by atoms with Crippen molar-refractivity contribution >= 4 is 11.9 Å². The van der Waals surface area contributed by atoms with E-state index in [0.717, 1.165) is 5.56 Å². The lowest BCUT2D eigenvalue weighted by molar-refractivity contribution is -0.146. The van der Waals surface area contributed by atoms with Crippen LogP contribution in [0.3, 0.4) is 0 Å². The van der Waals surface area contributed by atoms with E-state index in [0.29, 0.717) is 13.0 Å². The van der Waals surface area contributed by atoms with Crippen LogP contribution in [0.4, 0.5) is 0 Å². The van der Waals surface area contributed by atoms with Crippen LogP contribution in [-0.4, -0.2) is 47.4 Å². The molecule has 0 radical (unpaired) electrons. The number of hydrogen-bond donors (Lipinski definition) is 2. The van der Waals surface area contributed by atoms with Crippen molar-refractivity contribution in [3.63, 3.8) is 0 Å². The van der Waals surface area contributed by atoms with Crippen LogP contribution in [0.25, 0.3) is 0 Å². The summed E-state index contributed by atoms with van der Waals surface area (Å²) in [7, 11) is 0. The zero-order valence-electron chi connectivity index (χ0n) is 13.6. The molecule has 23 heavy (non-hydrogen) atoms. The maximum Gasteiger partial charge on any atom is 0.325 e. The normalized spacial score (nSPS) is 20.8. The lowest BCUT2D eigenvalue weighted by atomic mass is 10.1. The second-order valence-electron chi connectivity index (χ2n) is 6.15. The highest BCUT2D eigenvalue weighted by atomic mass is 16.5. The Bertz CT molecular complexity index is 533. The molecule has 126 valence electrons. The fraction of sp³-hybridized carbons (Fsp3) is 0.529. The molecule has 1 fully saturated rings. The number of carbonyl (C=O) groups is 2. The molecular weight excluding hydrogens is 296 g/mol. The van der Waals surface area contributed by atoms with E-state index in [-0.39, 0.29) is 24.8 Å². The van der Waals surface area contributed by atoms with Crippen LogP contribution in [0.1, 0.15) is 25.8 Å². The SMILES string of the molecule is CC(C)COC(=O)[C@@H]1CN(C(=O)CCc2ccccc2)C(O)N1. The predicted molar refractivity (Wildman–Crippen MR) is 85.2 cm³/mol. The van der Waals surface area contributed by atoms with Crippen LogP contribution in [-0.2, 0) is 20.7 Å². The van der Waals surface area contributed by atoms with Crippen LogP contribution in [0.15, 0.2) is 30.3 Å². The van der Waals surface area contributed by atoms with Gasteiger partial charge in [0.05, 0.1) is 13.2 Å². The fourth-order valence-corrected chi connectivity index (χ4v) is 2.39. The fourth-order valence-electron chi connectivity index (χ4n) is 2.39. The summed E-state index contributed by atoms with van der Waals surface area (Å²) >= 11 is 0. The van der Waals surface area contributed by atoms with Crippen LogP contribution >= 0.6 is 0 Å². The number of nitrogens with one attached hydrogen (secondary N) is 1. The van der Waals surface area contributed by atoms with Crippen molar-refractivity contribution < 1.29 is 19.4 Å². The van der Waals surface area contributed by atoms with E-state index < -0.39 is 18.4 Å². The molecule has 6 heteroatoms. The average Bonchev–Trinajstić information content (AvgIpc) is 2.93. The number of esters is 1. The molecular formula is C17H24N2O4. The number of ether oxygens (including phenoxy) is 1. The van der Waals surface area contributed by atoms with Gasteiger partial charge in [-0.25, -0.2) is 0 Å². The van der Waals surface area contributed by atoms with Gasteiger partial charge in [-0.05, 0) is 17.9 Å². The zero-order chi connectivity index (χ0) is 16.8. The van der Waals surface area contributed by atoms with Crippen molar-refractivity contribution in [2.45, 2.75) is 39.1 Å². The van der Waals surface area contributed by atoms with E-state index in [2.05, 4.69) is 5.32 Å². The van der Waals surface area contributed by atoms with Crippen molar-refractivity contribution in [2.75, 3.05) is 13.2 Å². The van der Waals surface area contributed by atoms with Gasteiger partial charge in [-0.1, -0.05) is 44.2 Å². The molecule has 2 rings (SSSR count). The summed E-state index contributed by atoms with van der Waals surface area (Å²) in [5, 5.41) is 12.6. The Morgan fingerprint density at radius 1 is 1.35 bits per heavy atom. The molecule has 0 spiro atoms. The van der Waals surface area contributed by atoms with Crippen LogP contribution in [0.2, 0.25) is 0 Å². The van der Waals surface area contributed by atoms with Crippen molar-refractivity contribution in [2.24, 2.45) is 5.92 Å². The van der Waals surface area contributed by atoms with Crippen molar-refractivity contribution in [3.05, 3.63) is 35.9 Å². The quantitative estimate of drug-likeness (QED) is 0.761. The van der Waals surface area contributed by atoms with Crippen molar-refractivity contribution in [1.29, 1.82) is 0 Å². The molecule has 1 aliphatic heterocycles. The molecule has 6 nitrogen and oxygen atoms in total. The van der Waals surface area contributed by atoms with Crippen LogP contribution < -0.4 is 5.32 Å². The minimum absolute atomic E-state index is 0.131. The second kappa shape index (κ2) is 8.08. The van der Waals surface area contributed by atoms with Gasteiger partial charge in [0, 0.05) is 6.42 Å². The summed E-state index contributed by atoms with van der Waals surface area (Å²) in [6.45, 7) is 4.36. The highest BCUT2D eigenvalue weighted by Crippen LogP contribution is 2.12. The average molecular weight is 320 g/mol. The summed E-state index contributed by atoms with van der Waals surface area (Å²) in [5.74, 6) is -0.377. The smallest absolute Gasteiger partial charge is 0.325 e. The Balaban J connectivity index is 1.83. The van der Waals surface area contributed by atoms with Gasteiger partial charge in [0.1, 0.15) is 6.04 Å². The molecule has 0 bridgehead atoms. The molecule has 1 aromatic carbocycles. The number of aliphatic hydroxyl groups excluding tert-OH is 1. The molecule has 1 aliphatic rings. The van der Waals surface area contributed by atoms with Gasteiger partial charge in [-0.2, -0.15) is 0 Å². The molecule has 0 aromatic heterocycles. The number of amides is 1. The first-order chi connectivity index (χ1) is 11.0. The number of nitrogens with zero attached hydrogens (tertiary/aromatic N) is 1. The maximum absolute atomic E-state index is 12.2. The minimum atomic E-state index is -1.14. The van der Waals surface area contributed by atoms with Gasteiger partial charge in [0.25, 0.3) is 0 Å². The maximum atomic E-state index is 12.2. The predicted octanol–water partition coefficient (Wildman–Crippen LogP) is 0.895. The van der Waals surface area contributed by atoms with Crippen molar-refractivity contribution in [1.82, 2.24) is 10.2 Å². The van der Waals surface area contributed by atoms with Gasteiger partial charge in [0.15, 0.2) is 6.35 Å². The molecule has 1 unspecified atom stereocenters. The summed E-state index contributed by atoms with van der Waals surface area (Å²) in [5.41, 5.74) is 1.07. The van der Waals surface area contributed by atoms with Gasteiger partial charge in [-0.15, -0.1) is 0 Å². The number of carbonyl (C=O) groups excluding carboxylic acids is 2. The molecule has 2 N–H and O–H groups in total. The molecule has 1 amide bonds. The van der Waals surface area contributed by atoms with E-state index >= 15 is 0 Å². The third kappa shape index (κ3) is 5.04. The van der Waals surface area contributed by atoms with E-state index in [1.807, 2.05) is 44.2 Å². The van der Waals surface area contributed by atoms with Gasteiger partial charge in [0.2, 0.25) is 5.91 Å². The van der Waals surface area contributed by atoms with E-state index in [1.54, 1.807) is 0 Å². The Morgan fingerprint density at radius 3 is 2.70 bits per heavy atom. The highest BCUT2D eigenvalue weighted by molar-refractivity contribution is 5.81. The second-order valence-corrected chi connectivity index (χ2v) is 6.15. The van der Waals surface area contributed by atoms with Gasteiger partial charge >= 0.3 is 5.97 Å². The molecule has 0 aliphatic carbocycles. The Morgan fingerprint density at radius 2 is 2.04 bits per heavy atom. The van der Waals surface area contributed by atoms with E-state index in [1.165, 1.54) is 4.90 Å². The first kappa shape index (κ1) is 17.4. The minimum Gasteiger partial charge on any atom is -0.464 e. The zero-order valence-corrected chi connectivity index (χ0v) is 13.6. The monoisotopic (exact) mass is 320 g/mol.